The van der Waals surface area contributed by atoms with Gasteiger partial charge in [0.2, 0.25) is 0 Å². The average Bonchev–Trinajstić information content (AvgIpc) is 2.87. The molecule has 1 atom stereocenters. The van der Waals surface area contributed by atoms with Gasteiger partial charge in [-0.3, -0.25) is 0 Å². The third-order valence-corrected chi connectivity index (χ3v) is 2.07. The number of ether oxygens (including phenoxy) is 1. The molecule has 0 spiro atoms. The van der Waals surface area contributed by atoms with E-state index in [1.165, 1.54) is 17.7 Å². The summed E-state index contributed by atoms with van der Waals surface area (Å²) < 4.78 is 17.6. The van der Waals surface area contributed by atoms with Gasteiger partial charge in [0.05, 0.1) is 12.7 Å². The Kier molecular flexibility index (Phi) is 2.09. The molecule has 2 rings (SSSR count). The molecule has 1 saturated heterocycles. The quantitative estimate of drug-likeness (QED) is 0.627. The van der Waals surface area contributed by atoms with Crippen molar-refractivity contribution in [2.75, 3.05) is 6.61 Å². The van der Waals surface area contributed by atoms with E-state index in [0.717, 1.165) is 19.4 Å². The van der Waals surface area contributed by atoms with Crippen LogP contribution >= 0.6 is 0 Å². The molecule has 2 heteroatoms. The molecule has 0 aliphatic carbocycles. The van der Waals surface area contributed by atoms with Gasteiger partial charge in [-0.05, 0) is 30.5 Å². The van der Waals surface area contributed by atoms with Gasteiger partial charge in [0.1, 0.15) is 5.82 Å². The van der Waals surface area contributed by atoms with Crippen molar-refractivity contribution in [2.45, 2.75) is 18.9 Å². The monoisotopic (exact) mass is 166 g/mol. The van der Waals surface area contributed by atoms with Crippen LogP contribution in [0.2, 0.25) is 0 Å². The van der Waals surface area contributed by atoms with Crippen LogP contribution in [0.5, 0.6) is 0 Å². The van der Waals surface area contributed by atoms with Crippen LogP contribution in [0, 0.1) is 5.82 Å². The third-order valence-electron chi connectivity index (χ3n) is 2.07. The van der Waals surface area contributed by atoms with E-state index in [4.69, 9.17) is 4.74 Å². The third kappa shape index (κ3) is 2.05. The molecule has 1 aliphatic heterocycles. The number of hydrogen-bond donors (Lipinski definition) is 0. The van der Waals surface area contributed by atoms with Gasteiger partial charge < -0.3 is 4.74 Å². The summed E-state index contributed by atoms with van der Waals surface area (Å²) in [6.45, 7) is 0.904. The number of rotatable bonds is 3. The van der Waals surface area contributed by atoms with E-state index < -0.39 is 0 Å². The molecular formula is C10H11FO. The molecule has 64 valence electrons. The van der Waals surface area contributed by atoms with Crippen LogP contribution in [0.15, 0.2) is 24.3 Å². The molecule has 0 amide bonds. The Bertz CT molecular complexity index is 251. The second-order valence-corrected chi connectivity index (χ2v) is 3.12. The fraction of sp³-hybridized carbons (Fsp3) is 0.400. The van der Waals surface area contributed by atoms with Gasteiger partial charge in [-0.25, -0.2) is 4.39 Å². The molecule has 0 aromatic heterocycles. The Balaban J connectivity index is 1.89. The van der Waals surface area contributed by atoms with Gasteiger partial charge in [-0.1, -0.05) is 12.1 Å². The minimum absolute atomic E-state index is 0.165. The van der Waals surface area contributed by atoms with Crippen molar-refractivity contribution in [3.05, 3.63) is 35.6 Å². The first-order chi connectivity index (χ1) is 5.84. The summed E-state index contributed by atoms with van der Waals surface area (Å²) >= 11 is 0. The Morgan fingerprint density at radius 1 is 1.33 bits per heavy atom. The minimum Gasteiger partial charge on any atom is -0.373 e. The molecule has 0 N–H and O–H groups in total. The first-order valence-corrected chi connectivity index (χ1v) is 4.20. The number of aryl methyl sites for hydroxylation is 1. The van der Waals surface area contributed by atoms with Gasteiger partial charge in [-0.2, -0.15) is 0 Å². The lowest BCUT2D eigenvalue weighted by molar-refractivity contribution is 0.397. The highest BCUT2D eigenvalue weighted by molar-refractivity contribution is 5.16. The predicted molar refractivity (Wildman–Crippen MR) is 44.5 cm³/mol. The van der Waals surface area contributed by atoms with Crippen molar-refractivity contribution >= 4 is 0 Å². The smallest absolute Gasteiger partial charge is 0.123 e. The molecule has 0 radical (unpaired) electrons. The molecule has 1 nitrogen and oxygen atoms in total. The van der Waals surface area contributed by atoms with Crippen molar-refractivity contribution < 1.29 is 9.13 Å². The van der Waals surface area contributed by atoms with E-state index in [0.29, 0.717) is 6.10 Å². The number of hydrogen-bond acceptors (Lipinski definition) is 1. The summed E-state index contributed by atoms with van der Waals surface area (Å²) in [4.78, 5) is 0. The zero-order valence-corrected chi connectivity index (χ0v) is 6.79. The van der Waals surface area contributed by atoms with Gasteiger partial charge in [-0.15, -0.1) is 0 Å². The predicted octanol–water partition coefficient (Wildman–Crippen LogP) is 2.16. The van der Waals surface area contributed by atoms with Gasteiger partial charge in [0.25, 0.3) is 0 Å². The number of epoxide rings is 1. The van der Waals surface area contributed by atoms with Crippen LogP contribution in [0.1, 0.15) is 12.0 Å². The highest BCUT2D eigenvalue weighted by Crippen LogP contribution is 2.16. The molecule has 1 heterocycles. The average molecular weight is 166 g/mol. The van der Waals surface area contributed by atoms with Crippen LogP contribution in [0.4, 0.5) is 4.39 Å². The maximum absolute atomic E-state index is 12.5. The molecule has 1 unspecified atom stereocenters. The van der Waals surface area contributed by atoms with Crippen molar-refractivity contribution in [3.8, 4) is 0 Å². The Morgan fingerprint density at radius 3 is 2.58 bits per heavy atom. The second kappa shape index (κ2) is 3.23. The second-order valence-electron chi connectivity index (χ2n) is 3.12. The van der Waals surface area contributed by atoms with Crippen LogP contribution in [-0.4, -0.2) is 12.7 Å². The van der Waals surface area contributed by atoms with E-state index in [1.54, 1.807) is 0 Å². The van der Waals surface area contributed by atoms with Crippen LogP contribution in [0.25, 0.3) is 0 Å². The number of benzene rings is 1. The van der Waals surface area contributed by atoms with Crippen LogP contribution in [0.3, 0.4) is 0 Å². The van der Waals surface area contributed by atoms with Crippen molar-refractivity contribution in [1.82, 2.24) is 0 Å². The lowest BCUT2D eigenvalue weighted by atomic mass is 10.1. The fourth-order valence-corrected chi connectivity index (χ4v) is 1.21. The molecule has 1 aromatic carbocycles. The molecule has 1 fully saturated rings. The summed E-state index contributed by atoms with van der Waals surface area (Å²) in [5, 5.41) is 0. The summed E-state index contributed by atoms with van der Waals surface area (Å²) in [6, 6.07) is 6.67. The van der Waals surface area contributed by atoms with Gasteiger partial charge >= 0.3 is 0 Å². The van der Waals surface area contributed by atoms with Crippen molar-refractivity contribution in [3.63, 3.8) is 0 Å². The van der Waals surface area contributed by atoms with Crippen molar-refractivity contribution in [1.29, 1.82) is 0 Å². The number of halogens is 1. The molecule has 1 aromatic rings. The molecule has 1 aliphatic rings. The normalized spacial score (nSPS) is 20.9. The first-order valence-electron chi connectivity index (χ1n) is 4.20. The Morgan fingerprint density at radius 2 is 2.00 bits per heavy atom. The summed E-state index contributed by atoms with van der Waals surface area (Å²) in [5.74, 6) is -0.165. The van der Waals surface area contributed by atoms with E-state index in [1.807, 2.05) is 12.1 Å². The summed E-state index contributed by atoms with van der Waals surface area (Å²) in [5.41, 5.74) is 1.19. The van der Waals surface area contributed by atoms with Crippen molar-refractivity contribution in [2.24, 2.45) is 0 Å². The van der Waals surface area contributed by atoms with Gasteiger partial charge in [0.15, 0.2) is 0 Å². The summed E-state index contributed by atoms with van der Waals surface area (Å²) in [6.07, 6.45) is 2.52. The topological polar surface area (TPSA) is 12.5 Å². The zero-order valence-electron chi connectivity index (χ0n) is 6.79. The van der Waals surface area contributed by atoms with Crippen LogP contribution < -0.4 is 0 Å². The maximum Gasteiger partial charge on any atom is 0.123 e. The zero-order chi connectivity index (χ0) is 8.39. The highest BCUT2D eigenvalue weighted by atomic mass is 19.1. The Labute approximate surface area is 71.2 Å². The molecule has 0 bridgehead atoms. The standard InChI is InChI=1S/C10H11FO/c11-9-4-1-8(2-5-9)3-6-10-7-12-10/h1-2,4-5,10H,3,6-7H2. The molecule has 0 saturated carbocycles. The highest BCUT2D eigenvalue weighted by Gasteiger charge is 2.21. The van der Waals surface area contributed by atoms with E-state index >= 15 is 0 Å². The fourth-order valence-electron chi connectivity index (χ4n) is 1.21. The lowest BCUT2D eigenvalue weighted by Crippen LogP contribution is -1.90. The Hall–Kier alpha value is -0.890. The largest absolute Gasteiger partial charge is 0.373 e. The summed E-state index contributed by atoms with van der Waals surface area (Å²) in [7, 11) is 0. The van der Waals surface area contributed by atoms with E-state index in [9.17, 15) is 4.39 Å². The van der Waals surface area contributed by atoms with Crippen LogP contribution in [-0.2, 0) is 11.2 Å². The van der Waals surface area contributed by atoms with Gasteiger partial charge in [0, 0.05) is 0 Å². The molecule has 12 heavy (non-hydrogen) atoms. The maximum atomic E-state index is 12.5. The molecular weight excluding hydrogens is 155 g/mol. The lowest BCUT2D eigenvalue weighted by Gasteiger charge is -1.97. The van der Waals surface area contributed by atoms with E-state index in [2.05, 4.69) is 0 Å². The SMILES string of the molecule is Fc1ccc(CCC2CO2)cc1. The first kappa shape index (κ1) is 7.74. The van der Waals surface area contributed by atoms with E-state index in [-0.39, 0.29) is 5.82 Å². The minimum atomic E-state index is -0.165.